The van der Waals surface area contributed by atoms with Crippen molar-refractivity contribution in [2.75, 3.05) is 30.0 Å². The molecule has 116 valence electrons. The lowest BCUT2D eigenvalue weighted by Crippen LogP contribution is -2.34. The van der Waals surface area contributed by atoms with E-state index >= 15 is 0 Å². The molecule has 1 aliphatic rings. The highest BCUT2D eigenvalue weighted by atomic mass is 32.2. The molecule has 3 heterocycles. The van der Waals surface area contributed by atoms with Crippen LogP contribution in [0.3, 0.4) is 0 Å². The third kappa shape index (κ3) is 2.79. The summed E-state index contributed by atoms with van der Waals surface area (Å²) in [7, 11) is -0.932. The SMILES string of the molecule is CCNCc1c(N(C)C2CCS(=O)(=O)C2)nc2sccn12. The van der Waals surface area contributed by atoms with Crippen molar-refractivity contribution < 1.29 is 8.42 Å². The fourth-order valence-electron chi connectivity index (χ4n) is 2.77. The topological polar surface area (TPSA) is 66.7 Å². The molecule has 1 N–H and O–H groups in total. The number of hydrogen-bond acceptors (Lipinski definition) is 6. The Morgan fingerprint density at radius 3 is 3.05 bits per heavy atom. The van der Waals surface area contributed by atoms with Gasteiger partial charge in [-0.3, -0.25) is 4.40 Å². The van der Waals surface area contributed by atoms with Gasteiger partial charge in [0.1, 0.15) is 0 Å². The predicted molar refractivity (Wildman–Crippen MR) is 85.9 cm³/mol. The average molecular weight is 328 g/mol. The van der Waals surface area contributed by atoms with E-state index in [-0.39, 0.29) is 17.5 Å². The number of imidazole rings is 1. The monoisotopic (exact) mass is 328 g/mol. The predicted octanol–water partition coefficient (Wildman–Crippen LogP) is 1.13. The van der Waals surface area contributed by atoms with Gasteiger partial charge in [0.15, 0.2) is 20.6 Å². The number of sulfone groups is 1. The molecule has 1 aliphatic heterocycles. The van der Waals surface area contributed by atoms with Crippen molar-refractivity contribution in [1.29, 1.82) is 0 Å². The van der Waals surface area contributed by atoms with E-state index in [1.165, 1.54) is 0 Å². The van der Waals surface area contributed by atoms with Crippen molar-refractivity contribution in [3.63, 3.8) is 0 Å². The van der Waals surface area contributed by atoms with Gasteiger partial charge in [-0.05, 0) is 13.0 Å². The number of fused-ring (bicyclic) bond motifs is 1. The van der Waals surface area contributed by atoms with E-state index in [1.54, 1.807) is 11.3 Å². The molecule has 0 saturated carbocycles. The fourth-order valence-corrected chi connectivity index (χ4v) is 5.27. The van der Waals surface area contributed by atoms with Crippen LogP contribution in [0.15, 0.2) is 11.6 Å². The van der Waals surface area contributed by atoms with Gasteiger partial charge in [-0.1, -0.05) is 6.92 Å². The van der Waals surface area contributed by atoms with E-state index in [4.69, 9.17) is 4.98 Å². The van der Waals surface area contributed by atoms with Gasteiger partial charge < -0.3 is 10.2 Å². The fraction of sp³-hybridized carbons (Fsp3) is 0.615. The molecule has 0 radical (unpaired) electrons. The van der Waals surface area contributed by atoms with Crippen LogP contribution >= 0.6 is 11.3 Å². The maximum Gasteiger partial charge on any atom is 0.195 e. The zero-order valence-corrected chi connectivity index (χ0v) is 13.9. The van der Waals surface area contributed by atoms with Gasteiger partial charge in [0.2, 0.25) is 0 Å². The van der Waals surface area contributed by atoms with Gasteiger partial charge in [-0.2, -0.15) is 0 Å². The van der Waals surface area contributed by atoms with Crippen LogP contribution in [0, 0.1) is 0 Å². The number of nitrogens with one attached hydrogen (secondary N) is 1. The lowest BCUT2D eigenvalue weighted by Gasteiger charge is -2.24. The average Bonchev–Trinajstić information content (AvgIpc) is 3.09. The van der Waals surface area contributed by atoms with E-state index in [0.717, 1.165) is 29.6 Å². The zero-order valence-electron chi connectivity index (χ0n) is 12.2. The van der Waals surface area contributed by atoms with Crippen LogP contribution in [0.5, 0.6) is 0 Å². The van der Waals surface area contributed by atoms with Crippen LogP contribution < -0.4 is 10.2 Å². The first kappa shape index (κ1) is 14.8. The molecule has 0 amide bonds. The Labute approximate surface area is 128 Å². The first-order valence-corrected chi connectivity index (χ1v) is 9.80. The Bertz CT molecular complexity index is 735. The van der Waals surface area contributed by atoms with Gasteiger partial charge in [0, 0.05) is 31.2 Å². The van der Waals surface area contributed by atoms with Crippen LogP contribution in [-0.2, 0) is 16.4 Å². The lowest BCUT2D eigenvalue weighted by atomic mass is 10.2. The Kier molecular flexibility index (Phi) is 3.94. The van der Waals surface area contributed by atoms with Gasteiger partial charge in [0.25, 0.3) is 0 Å². The molecule has 1 unspecified atom stereocenters. The molecule has 1 saturated heterocycles. The van der Waals surface area contributed by atoms with Gasteiger partial charge in [0.05, 0.1) is 17.2 Å². The third-order valence-electron chi connectivity index (χ3n) is 3.97. The maximum atomic E-state index is 11.7. The van der Waals surface area contributed by atoms with E-state index in [0.29, 0.717) is 6.42 Å². The van der Waals surface area contributed by atoms with E-state index in [2.05, 4.69) is 16.6 Å². The molecule has 1 fully saturated rings. The zero-order chi connectivity index (χ0) is 15.0. The van der Waals surface area contributed by atoms with Gasteiger partial charge in [-0.15, -0.1) is 11.3 Å². The molecule has 0 aromatic carbocycles. The molecule has 8 heteroatoms. The molecule has 1 atom stereocenters. The Morgan fingerprint density at radius 2 is 2.38 bits per heavy atom. The summed E-state index contributed by atoms with van der Waals surface area (Å²) in [6.07, 6.45) is 2.70. The summed E-state index contributed by atoms with van der Waals surface area (Å²) in [5, 5.41) is 5.35. The second kappa shape index (κ2) is 5.58. The normalized spacial score (nSPS) is 21.1. The smallest absolute Gasteiger partial charge is 0.195 e. The third-order valence-corrected chi connectivity index (χ3v) is 6.48. The lowest BCUT2D eigenvalue weighted by molar-refractivity contribution is 0.600. The van der Waals surface area contributed by atoms with E-state index < -0.39 is 9.84 Å². The minimum Gasteiger partial charge on any atom is -0.354 e. The minimum absolute atomic E-state index is 0.0278. The van der Waals surface area contributed by atoms with Crippen LogP contribution in [0.1, 0.15) is 19.0 Å². The molecule has 2 aromatic rings. The number of nitrogens with zero attached hydrogens (tertiary/aromatic N) is 3. The first-order chi connectivity index (χ1) is 10.0. The Balaban J connectivity index is 1.93. The number of rotatable bonds is 5. The molecule has 0 bridgehead atoms. The number of anilines is 1. The van der Waals surface area contributed by atoms with E-state index in [1.807, 2.05) is 23.5 Å². The maximum absolute atomic E-state index is 11.7. The summed E-state index contributed by atoms with van der Waals surface area (Å²) in [6, 6.07) is 0.0278. The summed E-state index contributed by atoms with van der Waals surface area (Å²) in [6.45, 7) is 3.69. The highest BCUT2D eigenvalue weighted by molar-refractivity contribution is 7.91. The van der Waals surface area contributed by atoms with Crippen LogP contribution in [-0.4, -0.2) is 48.9 Å². The van der Waals surface area contributed by atoms with Crippen molar-refractivity contribution in [3.05, 3.63) is 17.3 Å². The second-order valence-corrected chi connectivity index (χ2v) is 8.49. The number of thiazole rings is 1. The number of hydrogen-bond donors (Lipinski definition) is 1. The van der Waals surface area contributed by atoms with Crippen LogP contribution in [0.25, 0.3) is 4.96 Å². The van der Waals surface area contributed by atoms with Crippen molar-refractivity contribution in [1.82, 2.24) is 14.7 Å². The molecule has 0 aliphatic carbocycles. The van der Waals surface area contributed by atoms with Crippen LogP contribution in [0.4, 0.5) is 5.82 Å². The molecular weight excluding hydrogens is 308 g/mol. The molecule has 21 heavy (non-hydrogen) atoms. The quantitative estimate of drug-likeness (QED) is 0.891. The van der Waals surface area contributed by atoms with Crippen molar-refractivity contribution in [3.8, 4) is 0 Å². The molecule has 2 aromatic heterocycles. The van der Waals surface area contributed by atoms with Gasteiger partial charge >= 0.3 is 0 Å². The summed E-state index contributed by atoms with van der Waals surface area (Å²) in [5.74, 6) is 1.41. The van der Waals surface area contributed by atoms with Crippen LogP contribution in [0.2, 0.25) is 0 Å². The minimum atomic E-state index is -2.88. The Hall–Kier alpha value is -1.12. The van der Waals surface area contributed by atoms with Crippen molar-refractivity contribution in [2.24, 2.45) is 0 Å². The molecule has 6 nitrogen and oxygen atoms in total. The molecule has 3 rings (SSSR count). The summed E-state index contributed by atoms with van der Waals surface area (Å²) in [5.41, 5.74) is 1.10. The number of aromatic nitrogens is 2. The summed E-state index contributed by atoms with van der Waals surface area (Å²) >= 11 is 1.59. The standard InChI is InChI=1S/C13H20N4O2S2/c1-3-14-8-11-12(15-13-17(11)5-6-20-13)16(2)10-4-7-21(18,19)9-10/h5-6,10,14H,3-4,7-9H2,1-2H3. The molecular formula is C13H20N4O2S2. The second-order valence-electron chi connectivity index (χ2n) is 5.39. The van der Waals surface area contributed by atoms with Crippen molar-refractivity contribution >= 4 is 32.0 Å². The summed E-state index contributed by atoms with van der Waals surface area (Å²) in [4.78, 5) is 7.68. The van der Waals surface area contributed by atoms with Gasteiger partial charge in [-0.25, -0.2) is 13.4 Å². The first-order valence-electron chi connectivity index (χ1n) is 7.10. The summed E-state index contributed by atoms with van der Waals surface area (Å²) < 4.78 is 25.5. The van der Waals surface area contributed by atoms with E-state index in [9.17, 15) is 8.42 Å². The highest BCUT2D eigenvalue weighted by Crippen LogP contribution is 2.28. The highest BCUT2D eigenvalue weighted by Gasteiger charge is 2.32. The molecule has 0 spiro atoms. The Morgan fingerprint density at radius 1 is 1.57 bits per heavy atom. The largest absolute Gasteiger partial charge is 0.354 e. The van der Waals surface area contributed by atoms with Crippen molar-refractivity contribution in [2.45, 2.75) is 25.9 Å².